The number of benzene rings is 1. The third-order valence-corrected chi connectivity index (χ3v) is 4.95. The summed E-state index contributed by atoms with van der Waals surface area (Å²) in [4.78, 5) is 36.8. The van der Waals surface area contributed by atoms with Gasteiger partial charge in [0, 0.05) is 44.7 Å². The smallest absolute Gasteiger partial charge is 0.259 e. The standard InChI is InChI=1S/C19H21N5O3/c1-12-4-3-5-14-17(12)20-10-15(18(14)25)19(26)24-8-6-23(7-9-24)11-16-21-13(2)27-22-16/h3-5,10H,6-9,11H2,1-2H3,(H,20,25). The van der Waals surface area contributed by atoms with Crippen LogP contribution in [0.3, 0.4) is 0 Å². The van der Waals surface area contributed by atoms with Crippen LogP contribution < -0.4 is 5.43 Å². The van der Waals surface area contributed by atoms with E-state index in [1.807, 2.05) is 19.1 Å². The largest absolute Gasteiger partial charge is 0.360 e. The molecule has 0 unspecified atom stereocenters. The highest BCUT2D eigenvalue weighted by atomic mass is 16.5. The lowest BCUT2D eigenvalue weighted by atomic mass is 10.1. The molecule has 1 fully saturated rings. The lowest BCUT2D eigenvalue weighted by molar-refractivity contribution is 0.0623. The number of rotatable bonds is 3. The Labute approximate surface area is 155 Å². The Kier molecular flexibility index (Phi) is 4.49. The van der Waals surface area contributed by atoms with Crippen molar-refractivity contribution in [3.63, 3.8) is 0 Å². The Morgan fingerprint density at radius 2 is 2.00 bits per heavy atom. The predicted octanol–water partition coefficient (Wildman–Crippen LogP) is 1.49. The Balaban J connectivity index is 1.47. The zero-order chi connectivity index (χ0) is 19.0. The number of hydrogen-bond acceptors (Lipinski definition) is 6. The van der Waals surface area contributed by atoms with Crippen LogP contribution in [0.2, 0.25) is 0 Å². The normalized spacial score (nSPS) is 15.4. The second-order valence-electron chi connectivity index (χ2n) is 6.83. The van der Waals surface area contributed by atoms with Gasteiger partial charge in [-0.15, -0.1) is 0 Å². The third-order valence-electron chi connectivity index (χ3n) is 4.95. The van der Waals surface area contributed by atoms with Crippen LogP contribution in [0.5, 0.6) is 0 Å². The van der Waals surface area contributed by atoms with Gasteiger partial charge in [-0.05, 0) is 18.6 Å². The molecular weight excluding hydrogens is 346 g/mol. The molecule has 1 saturated heterocycles. The van der Waals surface area contributed by atoms with E-state index in [2.05, 4.69) is 20.0 Å². The summed E-state index contributed by atoms with van der Waals surface area (Å²) >= 11 is 0. The number of nitrogens with zero attached hydrogens (tertiary/aromatic N) is 4. The predicted molar refractivity (Wildman–Crippen MR) is 99.5 cm³/mol. The number of fused-ring (bicyclic) bond motifs is 1. The van der Waals surface area contributed by atoms with Crippen molar-refractivity contribution in [3.05, 3.63) is 57.5 Å². The molecule has 1 aliphatic rings. The van der Waals surface area contributed by atoms with E-state index in [1.165, 1.54) is 6.20 Å². The Hall–Kier alpha value is -3.00. The Bertz CT molecular complexity index is 1050. The average molecular weight is 367 g/mol. The van der Waals surface area contributed by atoms with Crippen LogP contribution in [-0.4, -0.2) is 57.0 Å². The number of carbonyl (C=O) groups is 1. The number of para-hydroxylation sites is 1. The summed E-state index contributed by atoms with van der Waals surface area (Å²) in [6, 6.07) is 5.52. The molecule has 0 radical (unpaired) electrons. The van der Waals surface area contributed by atoms with Crippen LogP contribution in [0.15, 0.2) is 33.7 Å². The highest BCUT2D eigenvalue weighted by Crippen LogP contribution is 2.14. The molecule has 1 amide bonds. The highest BCUT2D eigenvalue weighted by molar-refractivity contribution is 5.97. The molecule has 0 atom stereocenters. The number of piperazine rings is 1. The average Bonchev–Trinajstić information content (AvgIpc) is 3.07. The minimum atomic E-state index is -0.227. The van der Waals surface area contributed by atoms with Crippen molar-refractivity contribution in [2.45, 2.75) is 20.4 Å². The van der Waals surface area contributed by atoms with E-state index in [9.17, 15) is 9.59 Å². The Morgan fingerprint density at radius 3 is 2.70 bits per heavy atom. The van der Waals surface area contributed by atoms with Crippen molar-refractivity contribution >= 4 is 16.8 Å². The van der Waals surface area contributed by atoms with E-state index < -0.39 is 0 Å². The summed E-state index contributed by atoms with van der Waals surface area (Å²) in [6.07, 6.45) is 1.54. The number of aromatic nitrogens is 3. The number of carbonyl (C=O) groups excluding carboxylic acids is 1. The fourth-order valence-corrected chi connectivity index (χ4v) is 3.45. The minimum absolute atomic E-state index is 0.190. The van der Waals surface area contributed by atoms with Crippen molar-refractivity contribution in [1.82, 2.24) is 24.9 Å². The van der Waals surface area contributed by atoms with Gasteiger partial charge in [-0.25, -0.2) is 0 Å². The van der Waals surface area contributed by atoms with Gasteiger partial charge in [0.1, 0.15) is 5.56 Å². The summed E-state index contributed by atoms with van der Waals surface area (Å²) in [5, 5.41) is 4.45. The number of aryl methyl sites for hydroxylation is 2. The number of hydrogen-bond donors (Lipinski definition) is 1. The van der Waals surface area contributed by atoms with Gasteiger partial charge in [-0.1, -0.05) is 17.3 Å². The molecule has 1 N–H and O–H groups in total. The molecule has 1 aliphatic heterocycles. The van der Waals surface area contributed by atoms with Gasteiger partial charge >= 0.3 is 0 Å². The minimum Gasteiger partial charge on any atom is -0.360 e. The lowest BCUT2D eigenvalue weighted by Gasteiger charge is -2.34. The molecule has 0 spiro atoms. The number of nitrogens with one attached hydrogen (secondary N) is 1. The molecule has 0 aliphatic carbocycles. The zero-order valence-corrected chi connectivity index (χ0v) is 15.4. The van der Waals surface area contributed by atoms with Gasteiger partial charge < -0.3 is 14.4 Å². The molecular formula is C19H21N5O3. The van der Waals surface area contributed by atoms with Crippen molar-refractivity contribution in [3.8, 4) is 0 Å². The number of aromatic amines is 1. The molecule has 27 heavy (non-hydrogen) atoms. The zero-order valence-electron chi connectivity index (χ0n) is 15.4. The molecule has 2 aromatic heterocycles. The molecule has 1 aromatic carbocycles. The van der Waals surface area contributed by atoms with E-state index in [1.54, 1.807) is 17.9 Å². The molecule has 3 heterocycles. The van der Waals surface area contributed by atoms with Crippen molar-refractivity contribution < 1.29 is 9.32 Å². The Morgan fingerprint density at radius 1 is 1.22 bits per heavy atom. The fraction of sp³-hybridized carbons (Fsp3) is 0.368. The molecule has 8 nitrogen and oxygen atoms in total. The summed E-state index contributed by atoms with van der Waals surface area (Å²) in [5.74, 6) is 0.966. The maximum atomic E-state index is 12.9. The van der Waals surface area contributed by atoms with E-state index in [-0.39, 0.29) is 16.9 Å². The van der Waals surface area contributed by atoms with Crippen LogP contribution in [0.4, 0.5) is 0 Å². The third kappa shape index (κ3) is 3.35. The van der Waals surface area contributed by atoms with Crippen molar-refractivity contribution in [2.24, 2.45) is 0 Å². The number of pyridine rings is 1. The van der Waals surface area contributed by atoms with Gasteiger partial charge in [-0.2, -0.15) is 4.98 Å². The van der Waals surface area contributed by atoms with E-state index in [0.29, 0.717) is 49.8 Å². The first-order chi connectivity index (χ1) is 13.0. The summed E-state index contributed by atoms with van der Waals surface area (Å²) < 4.78 is 4.99. The van der Waals surface area contributed by atoms with Gasteiger partial charge in [0.05, 0.1) is 12.1 Å². The van der Waals surface area contributed by atoms with E-state index in [4.69, 9.17) is 4.52 Å². The van der Waals surface area contributed by atoms with Crippen LogP contribution in [0.25, 0.3) is 10.9 Å². The quantitative estimate of drug-likeness (QED) is 0.753. The van der Waals surface area contributed by atoms with E-state index >= 15 is 0 Å². The topological polar surface area (TPSA) is 95.3 Å². The van der Waals surface area contributed by atoms with Crippen LogP contribution >= 0.6 is 0 Å². The maximum absolute atomic E-state index is 12.9. The second kappa shape index (κ2) is 6.96. The first kappa shape index (κ1) is 17.4. The van der Waals surface area contributed by atoms with Crippen LogP contribution in [-0.2, 0) is 6.54 Å². The van der Waals surface area contributed by atoms with Crippen molar-refractivity contribution in [1.29, 1.82) is 0 Å². The highest BCUT2D eigenvalue weighted by Gasteiger charge is 2.25. The lowest BCUT2D eigenvalue weighted by Crippen LogP contribution is -2.49. The molecule has 4 rings (SSSR count). The summed E-state index contributed by atoms with van der Waals surface area (Å²) in [6.45, 7) is 6.80. The number of amides is 1. The van der Waals surface area contributed by atoms with Gasteiger partial charge in [-0.3, -0.25) is 14.5 Å². The SMILES string of the molecule is Cc1nc(CN2CCN(C(=O)c3c[nH]c4c(C)cccc4c3=O)CC2)no1. The first-order valence-corrected chi connectivity index (χ1v) is 8.95. The maximum Gasteiger partial charge on any atom is 0.259 e. The van der Waals surface area contributed by atoms with Gasteiger partial charge in [0.2, 0.25) is 11.3 Å². The van der Waals surface area contributed by atoms with Crippen molar-refractivity contribution in [2.75, 3.05) is 26.2 Å². The fourth-order valence-electron chi connectivity index (χ4n) is 3.45. The second-order valence-corrected chi connectivity index (χ2v) is 6.83. The molecule has 0 bridgehead atoms. The molecule has 3 aromatic rings. The molecule has 140 valence electrons. The van der Waals surface area contributed by atoms with Crippen LogP contribution in [0.1, 0.15) is 27.6 Å². The summed E-state index contributed by atoms with van der Waals surface area (Å²) in [7, 11) is 0. The van der Waals surface area contributed by atoms with Gasteiger partial charge in [0.15, 0.2) is 5.82 Å². The van der Waals surface area contributed by atoms with E-state index in [0.717, 1.165) is 11.1 Å². The molecule has 8 heteroatoms. The first-order valence-electron chi connectivity index (χ1n) is 8.95. The van der Waals surface area contributed by atoms with Gasteiger partial charge in [0.25, 0.3) is 5.91 Å². The monoisotopic (exact) mass is 367 g/mol. The number of H-pyrrole nitrogens is 1. The van der Waals surface area contributed by atoms with Crippen LogP contribution in [0, 0.1) is 13.8 Å². The summed E-state index contributed by atoms with van der Waals surface area (Å²) in [5.41, 5.74) is 1.73. The molecule has 0 saturated carbocycles.